The Morgan fingerprint density at radius 1 is 1.12 bits per heavy atom. The molecule has 1 aromatic carbocycles. The number of anilines is 1. The zero-order chi connectivity index (χ0) is 17.8. The van der Waals surface area contributed by atoms with E-state index < -0.39 is 6.04 Å². The summed E-state index contributed by atoms with van der Waals surface area (Å²) in [6.07, 6.45) is 3.40. The number of para-hydroxylation sites is 1. The molecule has 0 unspecified atom stereocenters. The van der Waals surface area contributed by atoms with Crippen molar-refractivity contribution in [2.45, 2.75) is 45.6 Å². The van der Waals surface area contributed by atoms with Gasteiger partial charge in [0, 0.05) is 38.3 Å². The molecule has 0 N–H and O–H groups in total. The van der Waals surface area contributed by atoms with Gasteiger partial charge in [0.15, 0.2) is 0 Å². The van der Waals surface area contributed by atoms with Gasteiger partial charge < -0.3 is 4.90 Å². The van der Waals surface area contributed by atoms with Crippen LogP contribution in [0.15, 0.2) is 24.3 Å². The quantitative estimate of drug-likeness (QED) is 0.843. The van der Waals surface area contributed by atoms with Crippen molar-refractivity contribution in [3.8, 4) is 0 Å². The van der Waals surface area contributed by atoms with E-state index >= 15 is 0 Å². The third-order valence-electron chi connectivity index (χ3n) is 5.33. The SMILES string of the molecule is CCCN1CCN(C(=O)[C@H](C)N2C(=O)CCCc3ccccc32)CC1. The van der Waals surface area contributed by atoms with E-state index in [1.165, 1.54) is 5.56 Å². The number of carbonyl (C=O) groups is 2. The van der Waals surface area contributed by atoms with Crippen LogP contribution in [0, 0.1) is 0 Å². The van der Waals surface area contributed by atoms with Crippen molar-refractivity contribution in [2.75, 3.05) is 37.6 Å². The average molecular weight is 343 g/mol. The molecule has 0 aromatic heterocycles. The van der Waals surface area contributed by atoms with Crippen LogP contribution >= 0.6 is 0 Å². The molecule has 0 aliphatic carbocycles. The first-order chi connectivity index (χ1) is 12.1. The highest BCUT2D eigenvalue weighted by molar-refractivity contribution is 6.01. The lowest BCUT2D eigenvalue weighted by Crippen LogP contribution is -2.55. The van der Waals surface area contributed by atoms with Crippen LogP contribution in [-0.4, -0.2) is 60.4 Å². The van der Waals surface area contributed by atoms with Crippen LogP contribution in [0.2, 0.25) is 0 Å². The summed E-state index contributed by atoms with van der Waals surface area (Å²) in [5, 5.41) is 0. The second-order valence-corrected chi connectivity index (χ2v) is 7.09. The second kappa shape index (κ2) is 8.00. The number of amides is 2. The van der Waals surface area contributed by atoms with E-state index in [1.54, 1.807) is 4.90 Å². The predicted molar refractivity (Wildman–Crippen MR) is 99.6 cm³/mol. The topological polar surface area (TPSA) is 43.9 Å². The summed E-state index contributed by atoms with van der Waals surface area (Å²) in [5.41, 5.74) is 2.08. The molecule has 3 rings (SSSR count). The van der Waals surface area contributed by atoms with Crippen LogP contribution in [-0.2, 0) is 16.0 Å². The molecule has 25 heavy (non-hydrogen) atoms. The predicted octanol–water partition coefficient (Wildman–Crippen LogP) is 2.30. The van der Waals surface area contributed by atoms with E-state index in [4.69, 9.17) is 0 Å². The molecule has 2 aliphatic rings. The molecule has 0 bridgehead atoms. The fourth-order valence-corrected chi connectivity index (χ4v) is 3.95. The minimum Gasteiger partial charge on any atom is -0.338 e. The second-order valence-electron chi connectivity index (χ2n) is 7.09. The van der Waals surface area contributed by atoms with E-state index in [0.29, 0.717) is 6.42 Å². The lowest BCUT2D eigenvalue weighted by atomic mass is 10.1. The summed E-state index contributed by atoms with van der Waals surface area (Å²) in [5.74, 6) is 0.136. The van der Waals surface area contributed by atoms with Gasteiger partial charge in [-0.2, -0.15) is 0 Å². The van der Waals surface area contributed by atoms with Crippen LogP contribution < -0.4 is 4.90 Å². The lowest BCUT2D eigenvalue weighted by Gasteiger charge is -2.38. The average Bonchev–Trinajstić information content (AvgIpc) is 2.79. The van der Waals surface area contributed by atoms with E-state index in [2.05, 4.69) is 17.9 Å². The molecule has 5 nitrogen and oxygen atoms in total. The monoisotopic (exact) mass is 343 g/mol. The van der Waals surface area contributed by atoms with Crippen molar-refractivity contribution in [1.82, 2.24) is 9.80 Å². The first kappa shape index (κ1) is 17.9. The van der Waals surface area contributed by atoms with E-state index in [9.17, 15) is 9.59 Å². The van der Waals surface area contributed by atoms with E-state index in [0.717, 1.165) is 57.7 Å². The zero-order valence-electron chi connectivity index (χ0n) is 15.4. The van der Waals surface area contributed by atoms with Gasteiger partial charge in [-0.15, -0.1) is 0 Å². The third-order valence-corrected chi connectivity index (χ3v) is 5.33. The summed E-state index contributed by atoms with van der Waals surface area (Å²) in [6, 6.07) is 7.56. The maximum absolute atomic E-state index is 13.0. The van der Waals surface area contributed by atoms with Gasteiger partial charge in [0.05, 0.1) is 0 Å². The van der Waals surface area contributed by atoms with Gasteiger partial charge in [-0.25, -0.2) is 0 Å². The van der Waals surface area contributed by atoms with E-state index in [-0.39, 0.29) is 11.8 Å². The lowest BCUT2D eigenvalue weighted by molar-refractivity contribution is -0.135. The van der Waals surface area contributed by atoms with Gasteiger partial charge in [0.1, 0.15) is 6.04 Å². The molecule has 2 aliphatic heterocycles. The summed E-state index contributed by atoms with van der Waals surface area (Å²) in [6.45, 7) is 8.52. The minimum absolute atomic E-state index is 0.0652. The molecule has 1 aromatic rings. The number of fused-ring (bicyclic) bond motifs is 1. The number of rotatable bonds is 4. The van der Waals surface area contributed by atoms with Crippen LogP contribution in [0.1, 0.15) is 38.7 Å². The Kier molecular flexibility index (Phi) is 5.74. The number of hydrogen-bond acceptors (Lipinski definition) is 3. The molecular formula is C20H29N3O2. The summed E-state index contributed by atoms with van der Waals surface area (Å²) in [4.78, 5) is 31.8. The van der Waals surface area contributed by atoms with Gasteiger partial charge >= 0.3 is 0 Å². The Labute approximate surface area is 150 Å². The normalized spacial score (nSPS) is 20.2. The highest BCUT2D eigenvalue weighted by Gasteiger charge is 2.33. The smallest absolute Gasteiger partial charge is 0.245 e. The van der Waals surface area contributed by atoms with E-state index in [1.807, 2.05) is 30.0 Å². The van der Waals surface area contributed by atoms with Gasteiger partial charge in [-0.05, 0) is 44.4 Å². The molecule has 0 spiro atoms. The summed E-state index contributed by atoms with van der Waals surface area (Å²) in [7, 11) is 0. The molecule has 2 amide bonds. The zero-order valence-corrected chi connectivity index (χ0v) is 15.4. The van der Waals surface area contributed by atoms with Crippen LogP contribution in [0.5, 0.6) is 0 Å². The molecule has 1 saturated heterocycles. The molecule has 1 atom stereocenters. The maximum Gasteiger partial charge on any atom is 0.245 e. The van der Waals surface area contributed by atoms with Crippen molar-refractivity contribution in [3.63, 3.8) is 0 Å². The standard InChI is InChI=1S/C20H29N3O2/c1-3-11-21-12-14-22(15-13-21)20(25)16(2)23-18-9-5-4-7-17(18)8-6-10-19(23)24/h4-5,7,9,16H,3,6,8,10-15H2,1-2H3/t16-/m0/s1. The highest BCUT2D eigenvalue weighted by Crippen LogP contribution is 2.29. The Morgan fingerprint density at radius 2 is 1.84 bits per heavy atom. The highest BCUT2D eigenvalue weighted by atomic mass is 16.2. The number of aryl methyl sites for hydroxylation is 1. The molecule has 0 saturated carbocycles. The van der Waals surface area contributed by atoms with Crippen LogP contribution in [0.3, 0.4) is 0 Å². The van der Waals surface area contributed by atoms with Gasteiger partial charge in [-0.1, -0.05) is 25.1 Å². The molecule has 5 heteroatoms. The third kappa shape index (κ3) is 3.87. The minimum atomic E-state index is -0.440. The van der Waals surface area contributed by atoms with Crippen molar-refractivity contribution < 1.29 is 9.59 Å². The van der Waals surface area contributed by atoms with Crippen molar-refractivity contribution in [1.29, 1.82) is 0 Å². The fraction of sp³-hybridized carbons (Fsp3) is 0.600. The number of nitrogens with zero attached hydrogens (tertiary/aromatic N) is 3. The summed E-state index contributed by atoms with van der Waals surface area (Å²) < 4.78 is 0. The fourth-order valence-electron chi connectivity index (χ4n) is 3.95. The molecule has 0 radical (unpaired) electrons. The first-order valence-corrected chi connectivity index (χ1v) is 9.53. The Hall–Kier alpha value is -1.88. The van der Waals surface area contributed by atoms with Gasteiger partial charge in [-0.3, -0.25) is 19.4 Å². The number of benzene rings is 1. The Morgan fingerprint density at radius 3 is 2.56 bits per heavy atom. The summed E-state index contributed by atoms with van der Waals surface area (Å²) >= 11 is 0. The van der Waals surface area contributed by atoms with Gasteiger partial charge in [0.25, 0.3) is 0 Å². The largest absolute Gasteiger partial charge is 0.338 e. The van der Waals surface area contributed by atoms with Crippen molar-refractivity contribution >= 4 is 17.5 Å². The molecule has 2 heterocycles. The van der Waals surface area contributed by atoms with Crippen LogP contribution in [0.4, 0.5) is 5.69 Å². The molecule has 1 fully saturated rings. The number of hydrogen-bond donors (Lipinski definition) is 0. The van der Waals surface area contributed by atoms with Gasteiger partial charge in [0.2, 0.25) is 11.8 Å². The van der Waals surface area contributed by atoms with Crippen molar-refractivity contribution in [2.24, 2.45) is 0 Å². The van der Waals surface area contributed by atoms with Crippen molar-refractivity contribution in [3.05, 3.63) is 29.8 Å². The Balaban J connectivity index is 1.74. The number of piperazine rings is 1. The maximum atomic E-state index is 13.0. The molecular weight excluding hydrogens is 314 g/mol. The van der Waals surface area contributed by atoms with Crippen LogP contribution in [0.25, 0.3) is 0 Å². The number of carbonyl (C=O) groups excluding carboxylic acids is 2. The molecule has 136 valence electrons. The first-order valence-electron chi connectivity index (χ1n) is 9.53. The Bertz CT molecular complexity index is 623.